The summed E-state index contributed by atoms with van der Waals surface area (Å²) < 4.78 is 6.79. The lowest BCUT2D eigenvalue weighted by molar-refractivity contribution is 1.02. The zero-order chi connectivity index (χ0) is 37.5. The second kappa shape index (κ2) is 12.3. The number of hydrogen-bond acceptors (Lipinski definition) is 3. The first kappa shape index (κ1) is 31.5. The predicted molar refractivity (Wildman–Crippen MR) is 232 cm³/mol. The molecule has 6 heteroatoms. The van der Waals surface area contributed by atoms with Crippen LogP contribution in [0.3, 0.4) is 0 Å². The summed E-state index contributed by atoms with van der Waals surface area (Å²) in [6, 6.07) is 68.2. The van der Waals surface area contributed by atoms with Crippen molar-refractivity contribution in [2.24, 2.45) is 0 Å². The van der Waals surface area contributed by atoms with E-state index in [1.54, 1.807) is 0 Å². The van der Waals surface area contributed by atoms with Gasteiger partial charge in [0.1, 0.15) is 0 Å². The van der Waals surface area contributed by atoms with E-state index < -0.39 is 0 Å². The molecule has 0 spiro atoms. The van der Waals surface area contributed by atoms with E-state index >= 15 is 0 Å². The van der Waals surface area contributed by atoms with Crippen LogP contribution in [0.25, 0.3) is 106 Å². The van der Waals surface area contributed by atoms with Gasteiger partial charge in [-0.25, -0.2) is 28.2 Å². The highest BCUT2D eigenvalue weighted by molar-refractivity contribution is 6.08. The zero-order valence-electron chi connectivity index (χ0n) is 30.7. The van der Waals surface area contributed by atoms with Crippen LogP contribution < -0.4 is 0 Å². The van der Waals surface area contributed by atoms with E-state index in [1.807, 2.05) is 0 Å². The van der Waals surface area contributed by atoms with Gasteiger partial charge in [0.05, 0.1) is 33.1 Å². The summed E-state index contributed by atoms with van der Waals surface area (Å²) in [5, 5.41) is 0. The van der Waals surface area contributed by atoms with Gasteiger partial charge in [-0.1, -0.05) is 188 Å². The molecule has 4 heterocycles. The van der Waals surface area contributed by atoms with Crippen molar-refractivity contribution in [3.63, 3.8) is 0 Å². The lowest BCUT2D eigenvalue weighted by Gasteiger charge is -2.11. The van der Waals surface area contributed by atoms with E-state index in [2.05, 4.69) is 207 Å². The maximum absolute atomic E-state index is 5.70. The average molecular weight is 729 g/mol. The fourth-order valence-corrected chi connectivity index (χ4v) is 8.70. The van der Waals surface area contributed by atoms with Gasteiger partial charge < -0.3 is 0 Å². The standard InChI is InChI=1S/C51H32N6/c1-6-17-33(18-7-1)38-27-16-28-43-44(38)52-49-55(43)50-53-45-39(34-19-8-2-9-20-34)29-31-41(36-23-12-4-13-24-36)47(45)57(50)51-54-46-40(35-21-10-3-11-22-35)30-32-42(48(46)56(49)51)37-25-14-5-15-26-37/h1-32H. The van der Waals surface area contributed by atoms with Crippen LogP contribution in [0.15, 0.2) is 194 Å². The van der Waals surface area contributed by atoms with Crippen molar-refractivity contribution in [2.75, 3.05) is 0 Å². The Hall–Kier alpha value is -7.83. The highest BCUT2D eigenvalue weighted by atomic mass is 15.3. The molecule has 0 aliphatic rings. The second-order valence-electron chi connectivity index (χ2n) is 14.5. The minimum Gasteiger partial charge on any atom is -0.247 e. The minimum atomic E-state index is 0.745. The molecule has 0 saturated heterocycles. The summed E-state index contributed by atoms with van der Waals surface area (Å²) in [5.41, 5.74) is 16.5. The van der Waals surface area contributed by atoms with Gasteiger partial charge in [0.15, 0.2) is 0 Å². The maximum Gasteiger partial charge on any atom is 0.225 e. The van der Waals surface area contributed by atoms with Crippen LogP contribution in [0.1, 0.15) is 0 Å². The predicted octanol–water partition coefficient (Wildman–Crippen LogP) is 12.4. The smallest absolute Gasteiger partial charge is 0.225 e. The SMILES string of the molecule is c1ccc(-c2cccc3c2nc2n3c3nc4c(-c5ccccc5)ccc(-c5ccccc5)c4n3c3nc4c(-c5ccccc5)ccc(-c5ccccc5)c4n23)cc1. The minimum absolute atomic E-state index is 0.745. The molecule has 57 heavy (non-hydrogen) atoms. The number of aromatic nitrogens is 6. The molecule has 0 unspecified atom stereocenters. The quantitative estimate of drug-likeness (QED) is 0.177. The number of para-hydroxylation sites is 1. The Morgan fingerprint density at radius 2 is 0.561 bits per heavy atom. The summed E-state index contributed by atoms with van der Waals surface area (Å²) in [6.07, 6.45) is 0. The van der Waals surface area contributed by atoms with Crippen LogP contribution >= 0.6 is 0 Å². The zero-order valence-corrected chi connectivity index (χ0v) is 30.7. The lowest BCUT2D eigenvalue weighted by atomic mass is 9.98. The molecule has 0 aliphatic carbocycles. The molecule has 0 atom stereocenters. The Bertz CT molecular complexity index is 3390. The molecule has 0 aliphatic heterocycles. The summed E-state index contributed by atoms with van der Waals surface area (Å²) in [4.78, 5) is 16.9. The van der Waals surface area contributed by atoms with Crippen LogP contribution in [0, 0.1) is 0 Å². The van der Waals surface area contributed by atoms with Crippen LogP contribution in [-0.4, -0.2) is 28.2 Å². The Labute approximate surface area is 327 Å². The summed E-state index contributed by atoms with van der Waals surface area (Å²) in [6.45, 7) is 0. The van der Waals surface area contributed by atoms with Crippen molar-refractivity contribution in [2.45, 2.75) is 0 Å². The fourth-order valence-electron chi connectivity index (χ4n) is 8.70. The first-order valence-corrected chi connectivity index (χ1v) is 19.2. The number of rotatable bonds is 5. The lowest BCUT2D eigenvalue weighted by Crippen LogP contribution is -2.04. The molecule has 0 fully saturated rings. The monoisotopic (exact) mass is 728 g/mol. The van der Waals surface area contributed by atoms with Gasteiger partial charge in [0.25, 0.3) is 0 Å². The Balaban J connectivity index is 1.37. The average Bonchev–Trinajstić information content (AvgIpc) is 4.00. The van der Waals surface area contributed by atoms with Crippen molar-refractivity contribution < 1.29 is 0 Å². The Kier molecular flexibility index (Phi) is 6.83. The number of fused-ring (bicyclic) bond motifs is 12. The first-order valence-electron chi connectivity index (χ1n) is 19.2. The van der Waals surface area contributed by atoms with Crippen LogP contribution in [0.5, 0.6) is 0 Å². The van der Waals surface area contributed by atoms with Crippen LogP contribution in [0.4, 0.5) is 0 Å². The number of benzene rings is 8. The highest BCUT2D eigenvalue weighted by Gasteiger charge is 2.27. The van der Waals surface area contributed by atoms with Gasteiger partial charge >= 0.3 is 0 Å². The molecule has 12 aromatic rings. The van der Waals surface area contributed by atoms with Crippen molar-refractivity contribution in [1.82, 2.24) is 28.2 Å². The van der Waals surface area contributed by atoms with Crippen molar-refractivity contribution >= 4 is 50.4 Å². The maximum atomic E-state index is 5.70. The third-order valence-corrected chi connectivity index (χ3v) is 11.3. The van der Waals surface area contributed by atoms with E-state index in [1.165, 1.54) is 0 Å². The molecule has 8 aromatic carbocycles. The Morgan fingerprint density at radius 1 is 0.246 bits per heavy atom. The van der Waals surface area contributed by atoms with Crippen LogP contribution in [-0.2, 0) is 0 Å². The van der Waals surface area contributed by atoms with Gasteiger partial charge in [-0.05, 0) is 33.9 Å². The fraction of sp³-hybridized carbons (Fsp3) is 0. The van der Waals surface area contributed by atoms with Crippen LogP contribution in [0.2, 0.25) is 0 Å². The van der Waals surface area contributed by atoms with E-state index in [0.717, 1.165) is 106 Å². The van der Waals surface area contributed by atoms with Gasteiger partial charge in [-0.2, -0.15) is 0 Å². The third kappa shape index (κ3) is 4.68. The summed E-state index contributed by atoms with van der Waals surface area (Å²) >= 11 is 0. The largest absolute Gasteiger partial charge is 0.247 e. The van der Waals surface area contributed by atoms with Crippen molar-refractivity contribution in [3.8, 4) is 55.6 Å². The third-order valence-electron chi connectivity index (χ3n) is 11.3. The number of imidazole rings is 3. The van der Waals surface area contributed by atoms with Crippen molar-refractivity contribution in [3.05, 3.63) is 194 Å². The molecular formula is C51H32N6. The number of nitrogens with zero attached hydrogens (tertiary/aromatic N) is 6. The Morgan fingerprint density at radius 3 is 0.965 bits per heavy atom. The molecule has 6 nitrogen and oxygen atoms in total. The van der Waals surface area contributed by atoms with Gasteiger partial charge in [0.2, 0.25) is 17.3 Å². The van der Waals surface area contributed by atoms with Gasteiger partial charge in [-0.3, -0.25) is 0 Å². The molecule has 0 bridgehead atoms. The molecule has 12 rings (SSSR count). The number of hydrogen-bond donors (Lipinski definition) is 0. The molecule has 0 N–H and O–H groups in total. The summed E-state index contributed by atoms with van der Waals surface area (Å²) in [7, 11) is 0. The normalized spacial score (nSPS) is 11.9. The molecule has 0 amide bonds. The first-order chi connectivity index (χ1) is 28.3. The van der Waals surface area contributed by atoms with E-state index in [0.29, 0.717) is 0 Å². The molecule has 0 saturated carbocycles. The van der Waals surface area contributed by atoms with E-state index in [-0.39, 0.29) is 0 Å². The second-order valence-corrected chi connectivity index (χ2v) is 14.5. The summed E-state index contributed by atoms with van der Waals surface area (Å²) in [5.74, 6) is 2.24. The molecule has 4 aromatic heterocycles. The highest BCUT2D eigenvalue weighted by Crippen LogP contribution is 2.42. The van der Waals surface area contributed by atoms with E-state index in [9.17, 15) is 0 Å². The van der Waals surface area contributed by atoms with E-state index in [4.69, 9.17) is 15.0 Å². The molecule has 0 radical (unpaired) electrons. The van der Waals surface area contributed by atoms with Crippen molar-refractivity contribution in [1.29, 1.82) is 0 Å². The molecular weight excluding hydrogens is 697 g/mol. The molecule has 266 valence electrons. The van der Waals surface area contributed by atoms with Gasteiger partial charge in [0, 0.05) is 27.8 Å². The van der Waals surface area contributed by atoms with Gasteiger partial charge in [-0.15, -0.1) is 0 Å². The topological polar surface area (TPSA) is 51.9 Å².